The molecule has 0 bridgehead atoms. The molecule has 5 nitrogen and oxygen atoms in total. The number of benzene rings is 2. The molecule has 0 fully saturated rings. The van der Waals surface area contributed by atoms with Crippen molar-refractivity contribution in [2.45, 2.75) is 13.5 Å². The normalized spacial score (nSPS) is 13.7. The highest BCUT2D eigenvalue weighted by Gasteiger charge is 2.35. The first-order chi connectivity index (χ1) is 11.1. The standard InChI is InChI=1S/C18H13N3O2/c1-11-16(20-15-9-5-4-8-14(15)19-11)10-21-17(22)12-6-2-3-7-13(12)18(21)23/h2-9H,10H2,1H3. The summed E-state index contributed by atoms with van der Waals surface area (Å²) in [6, 6.07) is 14.4. The maximum Gasteiger partial charge on any atom is 0.261 e. The van der Waals surface area contributed by atoms with Crippen molar-refractivity contribution >= 4 is 22.8 Å². The lowest BCUT2D eigenvalue weighted by molar-refractivity contribution is 0.0640. The van der Waals surface area contributed by atoms with E-state index in [0.29, 0.717) is 16.8 Å². The number of aryl methyl sites for hydroxylation is 1. The number of para-hydroxylation sites is 2. The number of amides is 2. The van der Waals surface area contributed by atoms with Gasteiger partial charge in [-0.3, -0.25) is 14.5 Å². The number of carbonyl (C=O) groups is 2. The summed E-state index contributed by atoms with van der Waals surface area (Å²) in [5.41, 5.74) is 3.81. The van der Waals surface area contributed by atoms with Crippen LogP contribution >= 0.6 is 0 Å². The molecule has 0 radical (unpaired) electrons. The molecule has 1 aromatic heterocycles. The fourth-order valence-corrected chi connectivity index (χ4v) is 2.81. The molecule has 1 aliphatic rings. The van der Waals surface area contributed by atoms with Gasteiger partial charge in [-0.05, 0) is 31.2 Å². The van der Waals surface area contributed by atoms with E-state index in [0.717, 1.165) is 16.7 Å². The SMILES string of the molecule is Cc1nc2ccccc2nc1CN1C(=O)c2ccccc2C1=O. The molecule has 3 aromatic rings. The van der Waals surface area contributed by atoms with Crippen LogP contribution in [0.25, 0.3) is 11.0 Å². The molecule has 2 heterocycles. The molecule has 0 atom stereocenters. The molecule has 0 aliphatic carbocycles. The van der Waals surface area contributed by atoms with Crippen LogP contribution in [0, 0.1) is 6.92 Å². The summed E-state index contributed by atoms with van der Waals surface area (Å²) in [6.45, 7) is 1.98. The molecule has 112 valence electrons. The minimum atomic E-state index is -0.278. The van der Waals surface area contributed by atoms with Crippen molar-refractivity contribution in [1.82, 2.24) is 14.9 Å². The van der Waals surface area contributed by atoms with Gasteiger partial charge in [-0.25, -0.2) is 9.97 Å². The highest BCUT2D eigenvalue weighted by atomic mass is 16.2. The maximum absolute atomic E-state index is 12.4. The van der Waals surface area contributed by atoms with E-state index in [2.05, 4.69) is 9.97 Å². The van der Waals surface area contributed by atoms with E-state index in [9.17, 15) is 9.59 Å². The molecule has 0 saturated carbocycles. The van der Waals surface area contributed by atoms with Crippen molar-refractivity contribution in [3.05, 3.63) is 71.0 Å². The van der Waals surface area contributed by atoms with Crippen LogP contribution in [0.5, 0.6) is 0 Å². The van der Waals surface area contributed by atoms with Gasteiger partial charge in [0.1, 0.15) is 0 Å². The third kappa shape index (κ3) is 2.09. The Hall–Kier alpha value is -3.08. The summed E-state index contributed by atoms with van der Waals surface area (Å²) < 4.78 is 0. The van der Waals surface area contributed by atoms with Gasteiger partial charge in [-0.1, -0.05) is 24.3 Å². The largest absolute Gasteiger partial charge is 0.269 e. The maximum atomic E-state index is 12.4. The first kappa shape index (κ1) is 13.6. The second-order valence-corrected chi connectivity index (χ2v) is 5.49. The number of hydrogen-bond donors (Lipinski definition) is 0. The summed E-state index contributed by atoms with van der Waals surface area (Å²) in [6.07, 6.45) is 0. The Morgan fingerprint density at radius 2 is 1.35 bits per heavy atom. The van der Waals surface area contributed by atoms with E-state index < -0.39 is 0 Å². The molecule has 0 spiro atoms. The number of nitrogens with zero attached hydrogens (tertiary/aromatic N) is 3. The van der Waals surface area contributed by atoms with Gasteiger partial charge in [0.05, 0.1) is 40.1 Å². The lowest BCUT2D eigenvalue weighted by atomic mass is 10.1. The van der Waals surface area contributed by atoms with Gasteiger partial charge in [0.2, 0.25) is 0 Å². The molecule has 0 N–H and O–H groups in total. The van der Waals surface area contributed by atoms with Crippen LogP contribution < -0.4 is 0 Å². The number of hydrogen-bond acceptors (Lipinski definition) is 4. The number of aromatic nitrogens is 2. The smallest absolute Gasteiger partial charge is 0.261 e. The van der Waals surface area contributed by atoms with Crippen molar-refractivity contribution in [1.29, 1.82) is 0 Å². The topological polar surface area (TPSA) is 63.2 Å². The third-order valence-electron chi connectivity index (χ3n) is 4.03. The lowest BCUT2D eigenvalue weighted by Gasteiger charge is -2.15. The molecule has 4 rings (SSSR count). The summed E-state index contributed by atoms with van der Waals surface area (Å²) in [4.78, 5) is 35.2. The summed E-state index contributed by atoms with van der Waals surface area (Å²) in [5, 5.41) is 0. The van der Waals surface area contributed by atoms with Crippen molar-refractivity contribution in [2.24, 2.45) is 0 Å². The zero-order valence-corrected chi connectivity index (χ0v) is 12.5. The summed E-state index contributed by atoms with van der Waals surface area (Å²) >= 11 is 0. The fraction of sp³-hybridized carbons (Fsp3) is 0.111. The van der Waals surface area contributed by atoms with E-state index in [4.69, 9.17) is 0 Å². The second-order valence-electron chi connectivity index (χ2n) is 5.49. The van der Waals surface area contributed by atoms with Gasteiger partial charge in [0, 0.05) is 0 Å². The minimum Gasteiger partial charge on any atom is -0.269 e. The quantitative estimate of drug-likeness (QED) is 0.683. The van der Waals surface area contributed by atoms with Gasteiger partial charge in [0.25, 0.3) is 11.8 Å². The van der Waals surface area contributed by atoms with Gasteiger partial charge < -0.3 is 0 Å². The average Bonchev–Trinajstić information content (AvgIpc) is 2.81. The average molecular weight is 303 g/mol. The van der Waals surface area contributed by atoms with E-state index in [1.54, 1.807) is 24.3 Å². The van der Waals surface area contributed by atoms with Crippen molar-refractivity contribution in [2.75, 3.05) is 0 Å². The van der Waals surface area contributed by atoms with Crippen molar-refractivity contribution in [3.63, 3.8) is 0 Å². The first-order valence-corrected chi connectivity index (χ1v) is 7.32. The zero-order chi connectivity index (χ0) is 16.0. The highest BCUT2D eigenvalue weighted by Crippen LogP contribution is 2.24. The Bertz CT molecular complexity index is 930. The van der Waals surface area contributed by atoms with E-state index in [1.165, 1.54) is 4.90 Å². The van der Waals surface area contributed by atoms with Gasteiger partial charge in [-0.15, -0.1) is 0 Å². The monoisotopic (exact) mass is 303 g/mol. The Labute approximate surface area is 132 Å². The van der Waals surface area contributed by atoms with Crippen molar-refractivity contribution < 1.29 is 9.59 Å². The molecule has 2 aromatic carbocycles. The van der Waals surface area contributed by atoms with E-state index in [-0.39, 0.29) is 18.4 Å². The van der Waals surface area contributed by atoms with E-state index >= 15 is 0 Å². The second kappa shape index (κ2) is 4.98. The lowest BCUT2D eigenvalue weighted by Crippen LogP contribution is -2.30. The molecule has 5 heteroatoms. The Morgan fingerprint density at radius 3 is 1.96 bits per heavy atom. The summed E-state index contributed by atoms with van der Waals surface area (Å²) in [5.74, 6) is -0.556. The van der Waals surface area contributed by atoms with Crippen LogP contribution in [-0.4, -0.2) is 26.7 Å². The first-order valence-electron chi connectivity index (χ1n) is 7.32. The predicted molar refractivity (Wildman–Crippen MR) is 84.9 cm³/mol. The Balaban J connectivity index is 1.73. The zero-order valence-electron chi connectivity index (χ0n) is 12.5. The molecule has 0 saturated heterocycles. The Morgan fingerprint density at radius 1 is 0.826 bits per heavy atom. The Kier molecular flexibility index (Phi) is 2.94. The highest BCUT2D eigenvalue weighted by molar-refractivity contribution is 6.21. The molecule has 0 unspecified atom stereocenters. The van der Waals surface area contributed by atoms with Crippen LogP contribution in [0.1, 0.15) is 32.1 Å². The number of imide groups is 1. The van der Waals surface area contributed by atoms with Crippen LogP contribution in [0.15, 0.2) is 48.5 Å². The van der Waals surface area contributed by atoms with Gasteiger partial charge in [-0.2, -0.15) is 0 Å². The van der Waals surface area contributed by atoms with Gasteiger partial charge >= 0.3 is 0 Å². The number of rotatable bonds is 2. The molecular formula is C18H13N3O2. The fourth-order valence-electron chi connectivity index (χ4n) is 2.81. The molecule has 1 aliphatic heterocycles. The van der Waals surface area contributed by atoms with Crippen LogP contribution in [0.2, 0.25) is 0 Å². The number of fused-ring (bicyclic) bond motifs is 2. The van der Waals surface area contributed by atoms with Crippen LogP contribution in [0.4, 0.5) is 0 Å². The van der Waals surface area contributed by atoms with Crippen LogP contribution in [-0.2, 0) is 6.54 Å². The van der Waals surface area contributed by atoms with Crippen LogP contribution in [0.3, 0.4) is 0 Å². The minimum absolute atomic E-state index is 0.135. The predicted octanol–water partition coefficient (Wildman–Crippen LogP) is 2.73. The molecular weight excluding hydrogens is 290 g/mol. The molecule has 2 amide bonds. The summed E-state index contributed by atoms with van der Waals surface area (Å²) in [7, 11) is 0. The van der Waals surface area contributed by atoms with E-state index in [1.807, 2.05) is 31.2 Å². The van der Waals surface area contributed by atoms with Crippen molar-refractivity contribution in [3.8, 4) is 0 Å². The van der Waals surface area contributed by atoms with Gasteiger partial charge in [0.15, 0.2) is 0 Å². The third-order valence-corrected chi connectivity index (χ3v) is 4.03. The molecule has 23 heavy (non-hydrogen) atoms. The number of carbonyl (C=O) groups excluding carboxylic acids is 2.